The van der Waals surface area contributed by atoms with Crippen LogP contribution >= 0.6 is 0 Å². The first kappa shape index (κ1) is 12.9. The number of alkyl carbamates (subject to hydrolysis) is 1. The Morgan fingerprint density at radius 2 is 2.06 bits per heavy atom. The Morgan fingerprint density at radius 1 is 1.41 bits per heavy atom. The lowest BCUT2D eigenvalue weighted by Crippen LogP contribution is -2.39. The lowest BCUT2D eigenvalue weighted by atomic mass is 10.2. The summed E-state index contributed by atoms with van der Waals surface area (Å²) in [6.07, 6.45) is -0.00107. The van der Waals surface area contributed by atoms with Crippen LogP contribution in [0.5, 0.6) is 0 Å². The Hall–Kier alpha value is -2.17. The highest BCUT2D eigenvalue weighted by Gasteiger charge is 2.13. The molecule has 0 saturated carbocycles. The van der Waals surface area contributed by atoms with Crippen molar-refractivity contribution in [3.05, 3.63) is 35.9 Å². The van der Waals surface area contributed by atoms with E-state index in [0.29, 0.717) is 6.21 Å². The molecular formula is C12H14N2O3. The van der Waals surface area contributed by atoms with Gasteiger partial charge in [0.25, 0.3) is 0 Å². The summed E-state index contributed by atoms with van der Waals surface area (Å²) in [4.78, 5) is 22.3. The van der Waals surface area contributed by atoms with Gasteiger partial charge in [-0.2, -0.15) is 0 Å². The van der Waals surface area contributed by atoms with Crippen LogP contribution in [0.2, 0.25) is 0 Å². The Balaban J connectivity index is 2.36. The maximum atomic E-state index is 11.3. The van der Waals surface area contributed by atoms with Gasteiger partial charge >= 0.3 is 6.09 Å². The first-order chi connectivity index (χ1) is 8.13. The van der Waals surface area contributed by atoms with Crippen molar-refractivity contribution in [1.82, 2.24) is 5.32 Å². The van der Waals surface area contributed by atoms with Crippen LogP contribution in [0.3, 0.4) is 0 Å². The normalized spacial score (nSPS) is 11.4. The van der Waals surface area contributed by atoms with Gasteiger partial charge in [0.1, 0.15) is 6.61 Å². The van der Waals surface area contributed by atoms with Gasteiger partial charge in [-0.3, -0.25) is 4.79 Å². The van der Waals surface area contributed by atoms with Crippen LogP contribution < -0.4 is 5.32 Å². The second-order valence-electron chi connectivity index (χ2n) is 3.47. The molecule has 0 saturated heterocycles. The third-order valence-electron chi connectivity index (χ3n) is 2.12. The van der Waals surface area contributed by atoms with Gasteiger partial charge in [0.2, 0.25) is 0 Å². The molecule has 1 aromatic rings. The smallest absolute Gasteiger partial charge is 0.408 e. The van der Waals surface area contributed by atoms with E-state index in [0.717, 1.165) is 5.56 Å². The lowest BCUT2D eigenvalue weighted by molar-refractivity contribution is -0.114. The molecule has 0 fully saturated rings. The third kappa shape index (κ3) is 4.46. The predicted octanol–water partition coefficient (Wildman–Crippen LogP) is 1.52. The Bertz CT molecular complexity index is 403. The number of carbonyl (C=O) groups excluding carboxylic acids is 2. The molecule has 1 amide bonds. The van der Waals surface area contributed by atoms with E-state index in [1.807, 2.05) is 30.3 Å². The van der Waals surface area contributed by atoms with Crippen molar-refractivity contribution in [3.63, 3.8) is 0 Å². The molecule has 1 rings (SSSR count). The topological polar surface area (TPSA) is 79.2 Å². The maximum absolute atomic E-state index is 11.3. The van der Waals surface area contributed by atoms with Crippen molar-refractivity contribution >= 4 is 18.1 Å². The number of rotatable bonds is 5. The molecule has 5 heteroatoms. The Labute approximate surface area is 99.3 Å². The fourth-order valence-corrected chi connectivity index (χ4v) is 1.14. The molecular weight excluding hydrogens is 220 g/mol. The first-order valence-electron chi connectivity index (χ1n) is 5.15. The highest BCUT2D eigenvalue weighted by Crippen LogP contribution is 2.00. The summed E-state index contributed by atoms with van der Waals surface area (Å²) in [6.45, 7) is 1.65. The Kier molecular flexibility index (Phi) is 4.87. The SMILES string of the molecule is C[C@H](NC(=O)OCc1ccccc1)C(=O)C=N. The van der Waals surface area contributed by atoms with Gasteiger partial charge < -0.3 is 15.5 Å². The van der Waals surface area contributed by atoms with Crippen molar-refractivity contribution in [2.24, 2.45) is 0 Å². The number of Topliss-reactive ketones (excluding diaryl/α,β-unsaturated/α-hetero) is 1. The second-order valence-corrected chi connectivity index (χ2v) is 3.47. The maximum Gasteiger partial charge on any atom is 0.408 e. The largest absolute Gasteiger partial charge is 0.445 e. The van der Waals surface area contributed by atoms with Gasteiger partial charge in [0.15, 0.2) is 5.78 Å². The molecule has 0 aliphatic rings. The summed E-state index contributed by atoms with van der Waals surface area (Å²) in [5.41, 5.74) is 0.869. The van der Waals surface area contributed by atoms with Crippen molar-refractivity contribution in [1.29, 1.82) is 5.41 Å². The zero-order valence-corrected chi connectivity index (χ0v) is 9.47. The average molecular weight is 234 g/mol. The molecule has 0 heterocycles. The zero-order valence-electron chi connectivity index (χ0n) is 9.47. The summed E-state index contributed by atoms with van der Waals surface area (Å²) in [7, 11) is 0. The summed E-state index contributed by atoms with van der Waals surface area (Å²) < 4.78 is 4.92. The molecule has 0 bridgehead atoms. The van der Waals surface area contributed by atoms with Crippen molar-refractivity contribution < 1.29 is 14.3 Å². The lowest BCUT2D eigenvalue weighted by Gasteiger charge is -2.10. The van der Waals surface area contributed by atoms with Crippen molar-refractivity contribution in [3.8, 4) is 0 Å². The number of benzene rings is 1. The number of hydrogen-bond donors (Lipinski definition) is 2. The Morgan fingerprint density at radius 3 is 2.65 bits per heavy atom. The summed E-state index contributed by atoms with van der Waals surface area (Å²) in [6, 6.07) is 8.49. The first-order valence-corrected chi connectivity index (χ1v) is 5.15. The van der Waals surface area contributed by atoms with E-state index in [1.165, 1.54) is 6.92 Å². The highest BCUT2D eigenvalue weighted by molar-refractivity contribution is 6.28. The van der Waals surface area contributed by atoms with Gasteiger partial charge in [-0.15, -0.1) is 0 Å². The van der Waals surface area contributed by atoms with E-state index in [4.69, 9.17) is 10.1 Å². The van der Waals surface area contributed by atoms with E-state index in [-0.39, 0.29) is 6.61 Å². The fourth-order valence-electron chi connectivity index (χ4n) is 1.14. The predicted molar refractivity (Wildman–Crippen MR) is 63.0 cm³/mol. The van der Waals surface area contributed by atoms with Crippen LogP contribution in [0.15, 0.2) is 30.3 Å². The molecule has 0 aromatic heterocycles. The van der Waals surface area contributed by atoms with Gasteiger partial charge in [-0.05, 0) is 12.5 Å². The highest BCUT2D eigenvalue weighted by atomic mass is 16.5. The number of hydrogen-bond acceptors (Lipinski definition) is 4. The number of ketones is 1. The average Bonchev–Trinajstić information content (AvgIpc) is 2.36. The summed E-state index contributed by atoms with van der Waals surface area (Å²) in [5.74, 6) is -0.471. The number of carbonyl (C=O) groups is 2. The minimum Gasteiger partial charge on any atom is -0.445 e. The van der Waals surface area contributed by atoms with Crippen molar-refractivity contribution in [2.75, 3.05) is 0 Å². The van der Waals surface area contributed by atoms with Gasteiger partial charge in [0, 0.05) is 0 Å². The van der Waals surface area contributed by atoms with Crippen LogP contribution in [-0.2, 0) is 16.1 Å². The summed E-state index contributed by atoms with van der Waals surface area (Å²) >= 11 is 0. The van der Waals surface area contributed by atoms with Gasteiger partial charge in [-0.25, -0.2) is 4.79 Å². The van der Waals surface area contributed by atoms with Crippen LogP contribution in [0.4, 0.5) is 4.79 Å². The second kappa shape index (κ2) is 6.42. The molecule has 17 heavy (non-hydrogen) atoms. The van der Waals surface area contributed by atoms with Crippen LogP contribution in [0.1, 0.15) is 12.5 Å². The van der Waals surface area contributed by atoms with E-state index >= 15 is 0 Å². The monoisotopic (exact) mass is 234 g/mol. The molecule has 0 spiro atoms. The fraction of sp³-hybridized carbons (Fsp3) is 0.250. The van der Waals surface area contributed by atoms with Crippen molar-refractivity contribution in [2.45, 2.75) is 19.6 Å². The molecule has 1 atom stereocenters. The van der Waals surface area contributed by atoms with E-state index in [9.17, 15) is 9.59 Å². The van der Waals surface area contributed by atoms with E-state index in [2.05, 4.69) is 5.32 Å². The van der Waals surface area contributed by atoms with Crippen LogP contribution in [-0.4, -0.2) is 24.1 Å². The number of nitrogens with one attached hydrogen (secondary N) is 2. The molecule has 0 unspecified atom stereocenters. The molecule has 0 radical (unpaired) electrons. The van der Waals surface area contributed by atoms with Gasteiger partial charge in [0.05, 0.1) is 12.3 Å². The molecule has 90 valence electrons. The molecule has 2 N–H and O–H groups in total. The molecule has 5 nitrogen and oxygen atoms in total. The van der Waals surface area contributed by atoms with E-state index in [1.54, 1.807) is 0 Å². The standard InChI is InChI=1S/C12H14N2O3/c1-9(11(15)7-13)14-12(16)17-8-10-5-3-2-4-6-10/h2-7,9,13H,8H2,1H3,(H,14,16)/t9-/m0/s1. The molecule has 1 aromatic carbocycles. The molecule has 0 aliphatic carbocycles. The van der Waals surface area contributed by atoms with E-state index < -0.39 is 17.9 Å². The summed E-state index contributed by atoms with van der Waals surface area (Å²) in [5, 5.41) is 9.09. The third-order valence-corrected chi connectivity index (χ3v) is 2.12. The zero-order chi connectivity index (χ0) is 12.7. The van der Waals surface area contributed by atoms with Crippen LogP contribution in [0.25, 0.3) is 0 Å². The van der Waals surface area contributed by atoms with Gasteiger partial charge in [-0.1, -0.05) is 30.3 Å². The minimum absolute atomic E-state index is 0.151. The van der Waals surface area contributed by atoms with Crippen LogP contribution in [0, 0.1) is 5.41 Å². The quantitative estimate of drug-likeness (QED) is 0.758. The molecule has 0 aliphatic heterocycles. The number of ether oxygens (including phenoxy) is 1. The minimum atomic E-state index is -0.740. The number of amides is 1.